The molecule has 3 N–H and O–H groups in total. The van der Waals surface area contributed by atoms with Crippen molar-refractivity contribution in [2.75, 3.05) is 0 Å². The highest BCUT2D eigenvalue weighted by molar-refractivity contribution is 5.22. The first-order chi connectivity index (χ1) is 7.43. The molecule has 0 aliphatic heterocycles. The zero-order valence-electron chi connectivity index (χ0n) is 9.45. The first-order valence-corrected chi connectivity index (χ1v) is 5.31. The van der Waals surface area contributed by atoms with Gasteiger partial charge in [-0.2, -0.15) is 0 Å². The maximum Gasteiger partial charge on any atom is 0.164 e. The second kappa shape index (κ2) is 5.37. The standard InChI is InChI=1S/C12H17F2NO/c1-7(2)6-10(15)12(16)8-4-3-5-9(13)11(8)14/h3-5,7,10,12,16H,6,15H2,1-2H3. The van der Waals surface area contributed by atoms with Crippen molar-refractivity contribution >= 4 is 0 Å². The number of hydrogen-bond donors (Lipinski definition) is 2. The van der Waals surface area contributed by atoms with Crippen LogP contribution in [0.4, 0.5) is 8.78 Å². The Hall–Kier alpha value is -1.00. The predicted molar refractivity (Wildman–Crippen MR) is 58.7 cm³/mol. The molecule has 0 saturated carbocycles. The van der Waals surface area contributed by atoms with E-state index in [0.29, 0.717) is 12.3 Å². The van der Waals surface area contributed by atoms with E-state index in [1.54, 1.807) is 0 Å². The molecule has 0 aliphatic carbocycles. The van der Waals surface area contributed by atoms with Gasteiger partial charge in [0.15, 0.2) is 11.6 Å². The average Bonchev–Trinajstić information content (AvgIpc) is 2.20. The summed E-state index contributed by atoms with van der Waals surface area (Å²) in [6.45, 7) is 3.91. The fourth-order valence-corrected chi connectivity index (χ4v) is 1.65. The minimum Gasteiger partial charge on any atom is -0.387 e. The summed E-state index contributed by atoms with van der Waals surface area (Å²) in [6.07, 6.45) is -0.616. The van der Waals surface area contributed by atoms with E-state index in [1.807, 2.05) is 13.8 Å². The molecule has 0 fully saturated rings. The van der Waals surface area contributed by atoms with Crippen LogP contribution < -0.4 is 5.73 Å². The van der Waals surface area contributed by atoms with Gasteiger partial charge < -0.3 is 10.8 Å². The summed E-state index contributed by atoms with van der Waals surface area (Å²) in [6, 6.07) is 3.14. The molecular weight excluding hydrogens is 212 g/mol. The molecule has 90 valence electrons. The van der Waals surface area contributed by atoms with Gasteiger partial charge in [0.05, 0.1) is 6.10 Å². The van der Waals surface area contributed by atoms with Crippen molar-refractivity contribution in [1.29, 1.82) is 0 Å². The van der Waals surface area contributed by atoms with Crippen molar-refractivity contribution in [3.05, 3.63) is 35.4 Å². The van der Waals surface area contributed by atoms with E-state index < -0.39 is 23.8 Å². The number of benzene rings is 1. The summed E-state index contributed by atoms with van der Waals surface area (Å²) in [5.74, 6) is -1.69. The topological polar surface area (TPSA) is 46.2 Å². The van der Waals surface area contributed by atoms with Gasteiger partial charge in [-0.1, -0.05) is 26.0 Å². The number of rotatable bonds is 4. The van der Waals surface area contributed by atoms with Gasteiger partial charge in [0, 0.05) is 11.6 Å². The van der Waals surface area contributed by atoms with Crippen LogP contribution in [0, 0.1) is 17.6 Å². The van der Waals surface area contributed by atoms with Crippen molar-refractivity contribution in [2.45, 2.75) is 32.4 Å². The Kier molecular flexibility index (Phi) is 4.38. The lowest BCUT2D eigenvalue weighted by molar-refractivity contribution is 0.131. The molecule has 0 bridgehead atoms. The number of halogens is 2. The van der Waals surface area contributed by atoms with Gasteiger partial charge in [-0.3, -0.25) is 0 Å². The molecule has 0 saturated heterocycles. The van der Waals surface area contributed by atoms with E-state index in [-0.39, 0.29) is 5.56 Å². The van der Waals surface area contributed by atoms with Crippen LogP contribution in [0.25, 0.3) is 0 Å². The second-order valence-electron chi connectivity index (χ2n) is 4.38. The van der Waals surface area contributed by atoms with Crippen LogP contribution in [0.5, 0.6) is 0 Å². The van der Waals surface area contributed by atoms with Crippen molar-refractivity contribution in [3.8, 4) is 0 Å². The third kappa shape index (κ3) is 3.00. The first-order valence-electron chi connectivity index (χ1n) is 5.31. The number of hydrogen-bond acceptors (Lipinski definition) is 2. The van der Waals surface area contributed by atoms with E-state index in [9.17, 15) is 13.9 Å². The van der Waals surface area contributed by atoms with Gasteiger partial charge in [0.25, 0.3) is 0 Å². The molecule has 0 radical (unpaired) electrons. The Balaban J connectivity index is 2.87. The largest absolute Gasteiger partial charge is 0.387 e. The molecule has 1 aromatic rings. The quantitative estimate of drug-likeness (QED) is 0.832. The zero-order chi connectivity index (χ0) is 12.3. The zero-order valence-corrected chi connectivity index (χ0v) is 9.45. The summed E-state index contributed by atoms with van der Waals surface area (Å²) in [5.41, 5.74) is 5.65. The lowest BCUT2D eigenvalue weighted by Gasteiger charge is -2.21. The molecule has 0 spiro atoms. The van der Waals surface area contributed by atoms with Crippen molar-refractivity contribution in [2.24, 2.45) is 11.7 Å². The Morgan fingerprint density at radius 2 is 1.94 bits per heavy atom. The molecule has 2 atom stereocenters. The third-order valence-electron chi connectivity index (χ3n) is 2.45. The van der Waals surface area contributed by atoms with Crippen molar-refractivity contribution in [3.63, 3.8) is 0 Å². The molecule has 0 heterocycles. The van der Waals surface area contributed by atoms with E-state index in [0.717, 1.165) is 6.07 Å². The fraction of sp³-hybridized carbons (Fsp3) is 0.500. The van der Waals surface area contributed by atoms with Crippen molar-refractivity contribution < 1.29 is 13.9 Å². The van der Waals surface area contributed by atoms with E-state index in [2.05, 4.69) is 0 Å². The summed E-state index contributed by atoms with van der Waals surface area (Å²) in [7, 11) is 0. The minimum absolute atomic E-state index is 0.0758. The smallest absolute Gasteiger partial charge is 0.164 e. The Morgan fingerprint density at radius 1 is 1.31 bits per heavy atom. The molecular formula is C12H17F2NO. The SMILES string of the molecule is CC(C)CC(N)C(O)c1cccc(F)c1F. The van der Waals surface area contributed by atoms with Gasteiger partial charge in [0.2, 0.25) is 0 Å². The summed E-state index contributed by atoms with van der Waals surface area (Å²) < 4.78 is 26.3. The highest BCUT2D eigenvalue weighted by atomic mass is 19.2. The molecule has 1 aromatic carbocycles. The first kappa shape index (κ1) is 13.1. The van der Waals surface area contributed by atoms with Crippen LogP contribution in [0.15, 0.2) is 18.2 Å². The van der Waals surface area contributed by atoms with Crippen LogP contribution in [-0.2, 0) is 0 Å². The highest BCUT2D eigenvalue weighted by Crippen LogP contribution is 2.23. The van der Waals surface area contributed by atoms with E-state index >= 15 is 0 Å². The Bertz CT molecular complexity index is 355. The number of aliphatic hydroxyl groups excluding tert-OH is 1. The fourth-order valence-electron chi connectivity index (χ4n) is 1.65. The number of aliphatic hydroxyl groups is 1. The molecule has 2 nitrogen and oxygen atoms in total. The molecule has 0 amide bonds. The Labute approximate surface area is 94.1 Å². The molecule has 16 heavy (non-hydrogen) atoms. The van der Waals surface area contributed by atoms with Crippen LogP contribution in [-0.4, -0.2) is 11.1 Å². The number of nitrogens with two attached hydrogens (primary N) is 1. The van der Waals surface area contributed by atoms with E-state index in [4.69, 9.17) is 5.73 Å². The maximum atomic E-state index is 13.4. The van der Waals surface area contributed by atoms with Gasteiger partial charge >= 0.3 is 0 Å². The van der Waals surface area contributed by atoms with E-state index in [1.165, 1.54) is 12.1 Å². The van der Waals surface area contributed by atoms with Gasteiger partial charge in [-0.15, -0.1) is 0 Å². The lowest BCUT2D eigenvalue weighted by atomic mass is 9.95. The summed E-state index contributed by atoms with van der Waals surface area (Å²) in [5, 5.41) is 9.81. The van der Waals surface area contributed by atoms with Gasteiger partial charge in [-0.25, -0.2) is 8.78 Å². The maximum absolute atomic E-state index is 13.4. The predicted octanol–water partition coefficient (Wildman–Crippen LogP) is 2.37. The van der Waals surface area contributed by atoms with Crippen LogP contribution in [0.3, 0.4) is 0 Å². The Morgan fingerprint density at radius 3 is 2.50 bits per heavy atom. The molecule has 0 aliphatic rings. The van der Waals surface area contributed by atoms with Crippen LogP contribution in [0.2, 0.25) is 0 Å². The van der Waals surface area contributed by atoms with Crippen LogP contribution >= 0.6 is 0 Å². The molecule has 0 aromatic heterocycles. The summed E-state index contributed by atoms with van der Waals surface area (Å²) in [4.78, 5) is 0. The second-order valence-corrected chi connectivity index (χ2v) is 4.38. The molecule has 4 heteroatoms. The average molecular weight is 229 g/mol. The van der Waals surface area contributed by atoms with Crippen LogP contribution in [0.1, 0.15) is 31.9 Å². The minimum atomic E-state index is -1.17. The monoisotopic (exact) mass is 229 g/mol. The van der Waals surface area contributed by atoms with Crippen molar-refractivity contribution in [1.82, 2.24) is 0 Å². The normalized spacial score (nSPS) is 15.2. The molecule has 2 unspecified atom stereocenters. The highest BCUT2D eigenvalue weighted by Gasteiger charge is 2.22. The summed E-state index contributed by atoms with van der Waals surface area (Å²) >= 11 is 0. The third-order valence-corrected chi connectivity index (χ3v) is 2.45. The molecule has 1 rings (SSSR count). The lowest BCUT2D eigenvalue weighted by Crippen LogP contribution is -2.30. The van der Waals surface area contributed by atoms with Gasteiger partial charge in [0.1, 0.15) is 0 Å². The van der Waals surface area contributed by atoms with Gasteiger partial charge in [-0.05, 0) is 18.4 Å².